The van der Waals surface area contributed by atoms with Gasteiger partial charge < -0.3 is 4.74 Å². The quantitative estimate of drug-likeness (QED) is 0.596. The Morgan fingerprint density at radius 1 is 1.25 bits per heavy atom. The van der Waals surface area contributed by atoms with Gasteiger partial charge in [0.25, 0.3) is 0 Å². The molecule has 4 atom stereocenters. The van der Waals surface area contributed by atoms with E-state index in [0.29, 0.717) is 35.7 Å². The molecule has 24 heavy (non-hydrogen) atoms. The van der Waals surface area contributed by atoms with Gasteiger partial charge in [0.05, 0.1) is 0 Å². The van der Waals surface area contributed by atoms with Crippen molar-refractivity contribution in [1.29, 1.82) is 0 Å². The second kappa shape index (κ2) is 5.72. The van der Waals surface area contributed by atoms with Gasteiger partial charge in [0.2, 0.25) is 0 Å². The Bertz CT molecular complexity index is 692. The van der Waals surface area contributed by atoms with Crippen molar-refractivity contribution in [3.63, 3.8) is 0 Å². The number of ketones is 1. The van der Waals surface area contributed by atoms with Gasteiger partial charge in [-0.05, 0) is 73.1 Å². The van der Waals surface area contributed by atoms with Crippen LogP contribution in [-0.4, -0.2) is 11.8 Å². The second-order valence-electron chi connectivity index (χ2n) is 8.02. The van der Waals surface area contributed by atoms with Gasteiger partial charge in [-0.1, -0.05) is 19.9 Å². The van der Waals surface area contributed by atoms with E-state index in [-0.39, 0.29) is 11.4 Å². The first kappa shape index (κ1) is 15.9. The summed E-state index contributed by atoms with van der Waals surface area (Å²) in [7, 11) is 0. The molecule has 128 valence electrons. The topological polar surface area (TPSA) is 43.4 Å². The van der Waals surface area contributed by atoms with Crippen LogP contribution in [0, 0.1) is 17.3 Å². The van der Waals surface area contributed by atoms with Gasteiger partial charge in [-0.2, -0.15) is 0 Å². The van der Waals surface area contributed by atoms with Crippen molar-refractivity contribution in [3.05, 3.63) is 29.3 Å². The van der Waals surface area contributed by atoms with E-state index in [9.17, 15) is 9.59 Å². The van der Waals surface area contributed by atoms with Crippen molar-refractivity contribution in [1.82, 2.24) is 0 Å². The van der Waals surface area contributed by atoms with Crippen LogP contribution in [0.15, 0.2) is 18.2 Å². The normalized spacial score (nSPS) is 34.2. The summed E-state index contributed by atoms with van der Waals surface area (Å²) in [5.74, 6) is 2.78. The summed E-state index contributed by atoms with van der Waals surface area (Å²) in [5, 5.41) is 0. The van der Waals surface area contributed by atoms with E-state index < -0.39 is 0 Å². The Labute approximate surface area is 143 Å². The molecule has 0 radical (unpaired) electrons. The second-order valence-corrected chi connectivity index (χ2v) is 8.02. The molecule has 0 heterocycles. The van der Waals surface area contributed by atoms with Crippen LogP contribution < -0.4 is 4.74 Å². The fourth-order valence-electron chi connectivity index (χ4n) is 5.60. The minimum Gasteiger partial charge on any atom is -0.427 e. The Kier molecular flexibility index (Phi) is 3.78. The maximum absolute atomic E-state index is 12.4. The molecule has 4 unspecified atom stereocenters. The summed E-state index contributed by atoms with van der Waals surface area (Å²) >= 11 is 0. The molecule has 0 aromatic heterocycles. The Morgan fingerprint density at radius 3 is 2.88 bits per heavy atom. The van der Waals surface area contributed by atoms with Crippen LogP contribution in [0.4, 0.5) is 0 Å². The number of aryl methyl sites for hydroxylation is 1. The number of ether oxygens (including phenoxy) is 1. The molecule has 0 aliphatic heterocycles. The largest absolute Gasteiger partial charge is 0.427 e. The Balaban J connectivity index is 1.61. The van der Waals surface area contributed by atoms with Crippen LogP contribution in [0.5, 0.6) is 5.75 Å². The fourth-order valence-corrected chi connectivity index (χ4v) is 5.60. The molecule has 3 nitrogen and oxygen atoms in total. The molecule has 4 rings (SSSR count). The molecule has 2 saturated carbocycles. The summed E-state index contributed by atoms with van der Waals surface area (Å²) < 4.78 is 5.38. The lowest BCUT2D eigenvalue weighted by Gasteiger charge is -2.48. The van der Waals surface area contributed by atoms with Crippen molar-refractivity contribution in [2.24, 2.45) is 17.3 Å². The number of Topliss-reactive ketones (excluding diaryl/α,β-unsaturated/α-hetero) is 1. The maximum atomic E-state index is 12.4. The summed E-state index contributed by atoms with van der Waals surface area (Å²) in [4.78, 5) is 23.9. The summed E-state index contributed by atoms with van der Waals surface area (Å²) in [5.41, 5.74) is 2.71. The zero-order valence-electron chi connectivity index (χ0n) is 14.6. The summed E-state index contributed by atoms with van der Waals surface area (Å²) in [6.07, 6.45) is 6.61. The van der Waals surface area contributed by atoms with Gasteiger partial charge in [0.1, 0.15) is 11.5 Å². The van der Waals surface area contributed by atoms with E-state index >= 15 is 0 Å². The highest BCUT2D eigenvalue weighted by atomic mass is 16.5. The van der Waals surface area contributed by atoms with Gasteiger partial charge in [0, 0.05) is 18.3 Å². The molecule has 3 aliphatic rings. The van der Waals surface area contributed by atoms with Gasteiger partial charge in [-0.25, -0.2) is 0 Å². The molecule has 3 heteroatoms. The lowest BCUT2D eigenvalue weighted by Crippen LogP contribution is -2.42. The number of fused-ring (bicyclic) bond motifs is 5. The average molecular weight is 326 g/mol. The minimum absolute atomic E-state index is 0.0603. The maximum Gasteiger partial charge on any atom is 0.310 e. The predicted molar refractivity (Wildman–Crippen MR) is 92.0 cm³/mol. The predicted octanol–water partition coefficient (Wildman–Crippen LogP) is 4.43. The third-order valence-corrected chi connectivity index (χ3v) is 6.93. The number of rotatable bonds is 2. The highest BCUT2D eigenvalue weighted by Crippen LogP contribution is 2.59. The van der Waals surface area contributed by atoms with E-state index in [2.05, 4.69) is 19.1 Å². The van der Waals surface area contributed by atoms with Crippen molar-refractivity contribution < 1.29 is 14.3 Å². The smallest absolute Gasteiger partial charge is 0.310 e. The van der Waals surface area contributed by atoms with Crippen molar-refractivity contribution in [2.75, 3.05) is 0 Å². The van der Waals surface area contributed by atoms with Crippen LogP contribution in [0.2, 0.25) is 0 Å². The van der Waals surface area contributed by atoms with E-state index in [1.54, 1.807) is 0 Å². The van der Waals surface area contributed by atoms with E-state index in [1.165, 1.54) is 11.1 Å². The molecule has 0 saturated heterocycles. The van der Waals surface area contributed by atoms with E-state index in [4.69, 9.17) is 4.74 Å². The lowest BCUT2D eigenvalue weighted by molar-refractivity contribution is -0.134. The van der Waals surface area contributed by atoms with Crippen LogP contribution in [0.1, 0.15) is 69.4 Å². The van der Waals surface area contributed by atoms with Crippen molar-refractivity contribution in [3.8, 4) is 5.75 Å². The third-order valence-electron chi connectivity index (χ3n) is 6.93. The minimum atomic E-state index is -0.179. The van der Waals surface area contributed by atoms with Gasteiger partial charge in [0.15, 0.2) is 0 Å². The van der Waals surface area contributed by atoms with Gasteiger partial charge in [-0.15, -0.1) is 0 Å². The SMILES string of the molecule is CCC(=O)Oc1ccc2c(c1)CCC1C2CCC2(C)C(=O)CCC12. The molecular weight excluding hydrogens is 300 g/mol. The number of hydrogen-bond donors (Lipinski definition) is 0. The molecule has 0 bridgehead atoms. The molecule has 1 aromatic rings. The summed E-state index contributed by atoms with van der Waals surface area (Å²) in [6.45, 7) is 4.03. The standard InChI is InChI=1S/C21H26O3/c1-3-20(23)24-14-5-7-15-13(12-14)4-6-17-16(15)10-11-21(2)18(17)8-9-19(21)22/h5,7,12,16-18H,3-4,6,8-11H2,1-2H3. The third kappa shape index (κ3) is 2.32. The van der Waals surface area contributed by atoms with Crippen molar-refractivity contribution in [2.45, 2.75) is 64.7 Å². The van der Waals surface area contributed by atoms with Gasteiger partial charge in [-0.3, -0.25) is 9.59 Å². The highest BCUT2D eigenvalue weighted by Gasteiger charge is 2.54. The van der Waals surface area contributed by atoms with Crippen LogP contribution in [-0.2, 0) is 16.0 Å². The van der Waals surface area contributed by atoms with Crippen LogP contribution >= 0.6 is 0 Å². The number of carbonyl (C=O) groups is 2. The Morgan fingerprint density at radius 2 is 2.08 bits per heavy atom. The molecular formula is C21H26O3. The molecule has 0 N–H and O–H groups in total. The average Bonchev–Trinajstić information content (AvgIpc) is 2.89. The monoisotopic (exact) mass is 326 g/mol. The van der Waals surface area contributed by atoms with Crippen molar-refractivity contribution >= 4 is 11.8 Å². The summed E-state index contributed by atoms with van der Waals surface area (Å²) in [6, 6.07) is 6.18. The first-order chi connectivity index (χ1) is 11.5. The number of carbonyl (C=O) groups excluding carboxylic acids is 2. The van der Waals surface area contributed by atoms with Crippen LogP contribution in [0.3, 0.4) is 0 Å². The number of benzene rings is 1. The first-order valence-electron chi connectivity index (χ1n) is 9.39. The molecule has 2 fully saturated rings. The Hall–Kier alpha value is -1.64. The zero-order chi connectivity index (χ0) is 16.9. The molecule has 3 aliphatic carbocycles. The molecule has 0 spiro atoms. The highest BCUT2D eigenvalue weighted by molar-refractivity contribution is 5.87. The van der Waals surface area contributed by atoms with Crippen LogP contribution in [0.25, 0.3) is 0 Å². The fraction of sp³-hybridized carbons (Fsp3) is 0.619. The zero-order valence-corrected chi connectivity index (χ0v) is 14.6. The first-order valence-corrected chi connectivity index (χ1v) is 9.39. The molecule has 1 aromatic carbocycles. The number of esters is 1. The molecule has 0 amide bonds. The lowest BCUT2D eigenvalue weighted by atomic mass is 9.55. The van der Waals surface area contributed by atoms with Gasteiger partial charge >= 0.3 is 5.97 Å². The number of hydrogen-bond acceptors (Lipinski definition) is 3. The van der Waals surface area contributed by atoms with E-state index in [0.717, 1.165) is 38.5 Å². The van der Waals surface area contributed by atoms with E-state index in [1.807, 2.05) is 13.0 Å².